The van der Waals surface area contributed by atoms with E-state index in [4.69, 9.17) is 23.8 Å². The van der Waals surface area contributed by atoms with Gasteiger partial charge in [0, 0.05) is 47.2 Å². The minimum absolute atomic E-state index is 0.0533. The number of rotatable bonds is 5. The van der Waals surface area contributed by atoms with Crippen LogP contribution in [0.4, 0.5) is 5.69 Å². The van der Waals surface area contributed by atoms with Crippen LogP contribution in [0.1, 0.15) is 40.3 Å². The van der Waals surface area contributed by atoms with Crippen molar-refractivity contribution in [1.82, 2.24) is 19.9 Å². The monoisotopic (exact) mass is 473 g/mol. The van der Waals surface area contributed by atoms with Gasteiger partial charge in [0.2, 0.25) is 0 Å². The fourth-order valence-electron chi connectivity index (χ4n) is 4.60. The largest absolute Gasteiger partial charge is 0.351 e. The van der Waals surface area contributed by atoms with E-state index in [9.17, 15) is 0 Å². The molecule has 1 N–H and O–H groups in total. The Morgan fingerprint density at radius 3 is 2.55 bits per heavy atom. The smallest absolute Gasteiger partial charge is 0.174 e. The zero-order valence-corrected chi connectivity index (χ0v) is 20.0. The highest BCUT2D eigenvalue weighted by Gasteiger charge is 2.42. The second-order valence-electron chi connectivity index (χ2n) is 8.25. The molecule has 7 heteroatoms. The van der Waals surface area contributed by atoms with Crippen LogP contribution < -0.4 is 10.2 Å². The number of anilines is 1. The summed E-state index contributed by atoms with van der Waals surface area (Å²) in [6, 6.07) is 20.0. The zero-order chi connectivity index (χ0) is 22.9. The van der Waals surface area contributed by atoms with E-state index in [1.165, 1.54) is 22.5 Å². The summed E-state index contributed by atoms with van der Waals surface area (Å²) < 4.78 is 2.34. The Kier molecular flexibility index (Phi) is 5.87. The predicted molar refractivity (Wildman–Crippen MR) is 137 cm³/mol. The molecular weight excluding hydrogens is 450 g/mol. The summed E-state index contributed by atoms with van der Waals surface area (Å²) in [5, 5.41) is 4.90. The van der Waals surface area contributed by atoms with Crippen molar-refractivity contribution >= 4 is 34.6 Å². The van der Waals surface area contributed by atoms with E-state index in [0.29, 0.717) is 10.1 Å². The van der Waals surface area contributed by atoms with Gasteiger partial charge in [-0.05, 0) is 85.7 Å². The fraction of sp³-hybridized carbons (Fsp3) is 0.192. The Morgan fingerprint density at radius 1 is 1.03 bits per heavy atom. The molecule has 1 aliphatic rings. The molecule has 5 rings (SSSR count). The number of pyridine rings is 2. The lowest BCUT2D eigenvalue weighted by molar-refractivity contribution is 0.563. The minimum atomic E-state index is -0.0817. The summed E-state index contributed by atoms with van der Waals surface area (Å²) in [4.78, 5) is 11.1. The summed E-state index contributed by atoms with van der Waals surface area (Å²) in [5.41, 5.74) is 6.74. The maximum Gasteiger partial charge on any atom is 0.174 e. The van der Waals surface area contributed by atoms with Crippen molar-refractivity contribution in [1.29, 1.82) is 0 Å². The van der Waals surface area contributed by atoms with Crippen molar-refractivity contribution in [2.24, 2.45) is 0 Å². The number of thiocarbonyl (C=S) groups is 1. The zero-order valence-electron chi connectivity index (χ0n) is 18.4. The summed E-state index contributed by atoms with van der Waals surface area (Å²) in [5.74, 6) is 0. The average molecular weight is 474 g/mol. The van der Waals surface area contributed by atoms with Crippen molar-refractivity contribution in [3.63, 3.8) is 0 Å². The number of hydrogen-bond acceptors (Lipinski definition) is 3. The minimum Gasteiger partial charge on any atom is -0.351 e. The molecular formula is C26H24ClN5S. The molecule has 0 bridgehead atoms. The molecule has 1 fully saturated rings. The van der Waals surface area contributed by atoms with E-state index in [2.05, 4.69) is 50.7 Å². The molecule has 4 aromatic rings. The Balaban J connectivity index is 1.62. The first kappa shape index (κ1) is 21.6. The molecule has 3 aromatic heterocycles. The number of benzene rings is 1. The highest BCUT2D eigenvalue weighted by Crippen LogP contribution is 2.43. The van der Waals surface area contributed by atoms with Crippen molar-refractivity contribution in [3.05, 3.63) is 112 Å². The third-order valence-corrected chi connectivity index (χ3v) is 6.76. The van der Waals surface area contributed by atoms with Gasteiger partial charge in [-0.3, -0.25) is 9.97 Å². The van der Waals surface area contributed by atoms with Crippen LogP contribution in [-0.4, -0.2) is 19.6 Å². The fourth-order valence-corrected chi connectivity index (χ4v) is 5.07. The molecule has 0 aliphatic carbocycles. The van der Waals surface area contributed by atoms with Gasteiger partial charge in [0.25, 0.3) is 0 Å². The Labute approximate surface area is 204 Å². The van der Waals surface area contributed by atoms with Gasteiger partial charge in [0.05, 0.1) is 17.8 Å². The molecule has 2 atom stereocenters. The van der Waals surface area contributed by atoms with Crippen LogP contribution in [0, 0.1) is 13.8 Å². The van der Waals surface area contributed by atoms with Crippen molar-refractivity contribution in [3.8, 4) is 0 Å². The van der Waals surface area contributed by atoms with Crippen LogP contribution in [0.15, 0.2) is 79.3 Å². The predicted octanol–water partition coefficient (Wildman–Crippen LogP) is 5.77. The molecule has 5 nitrogen and oxygen atoms in total. The van der Waals surface area contributed by atoms with E-state index in [1.54, 1.807) is 6.20 Å². The maximum atomic E-state index is 6.17. The molecule has 4 heterocycles. The standard InChI is InChI=1S/C26H24ClN5S/c1-17-14-22(18(2)31(17)16-19-6-5-12-28-15-19)25-24(23-7-3-4-13-29-23)30-26(33)32(25)21-10-8-20(27)9-11-21/h3-15,24-25H,16H2,1-2H3,(H,30,33). The maximum absolute atomic E-state index is 6.17. The first-order valence-electron chi connectivity index (χ1n) is 10.8. The molecule has 1 aromatic carbocycles. The topological polar surface area (TPSA) is 46.0 Å². The van der Waals surface area contributed by atoms with Crippen LogP contribution in [-0.2, 0) is 6.54 Å². The second-order valence-corrected chi connectivity index (χ2v) is 9.07. The SMILES string of the molecule is Cc1cc(C2C(c3ccccn3)NC(=S)N2c2ccc(Cl)cc2)c(C)n1Cc1cccnc1. The Bertz CT molecular complexity index is 1270. The number of aromatic nitrogens is 3. The van der Waals surface area contributed by atoms with E-state index >= 15 is 0 Å². The van der Waals surface area contributed by atoms with Gasteiger partial charge in [0.15, 0.2) is 5.11 Å². The molecule has 1 aliphatic heterocycles. The van der Waals surface area contributed by atoms with Gasteiger partial charge in [-0.25, -0.2) is 0 Å². The van der Waals surface area contributed by atoms with Crippen LogP contribution in [0.3, 0.4) is 0 Å². The highest BCUT2D eigenvalue weighted by molar-refractivity contribution is 7.80. The number of hydrogen-bond donors (Lipinski definition) is 1. The third kappa shape index (κ3) is 4.12. The molecule has 0 amide bonds. The molecule has 33 heavy (non-hydrogen) atoms. The number of nitrogens with one attached hydrogen (secondary N) is 1. The Hall–Kier alpha value is -3.22. The second kappa shape index (κ2) is 8.96. The Morgan fingerprint density at radius 2 is 1.85 bits per heavy atom. The van der Waals surface area contributed by atoms with Crippen LogP contribution in [0.5, 0.6) is 0 Å². The quantitative estimate of drug-likeness (QED) is 0.372. The van der Waals surface area contributed by atoms with Crippen LogP contribution >= 0.6 is 23.8 Å². The van der Waals surface area contributed by atoms with Crippen LogP contribution in [0.25, 0.3) is 0 Å². The first-order chi connectivity index (χ1) is 16.0. The summed E-state index contributed by atoms with van der Waals surface area (Å²) in [6.45, 7) is 5.09. The van der Waals surface area contributed by atoms with Crippen molar-refractivity contribution in [2.75, 3.05) is 4.90 Å². The molecule has 0 radical (unpaired) electrons. The van der Waals surface area contributed by atoms with E-state index < -0.39 is 0 Å². The number of nitrogens with zero attached hydrogens (tertiary/aromatic N) is 4. The normalized spacial score (nSPS) is 17.9. The van der Waals surface area contributed by atoms with E-state index in [-0.39, 0.29) is 12.1 Å². The van der Waals surface area contributed by atoms with Crippen LogP contribution in [0.2, 0.25) is 5.02 Å². The first-order valence-corrected chi connectivity index (χ1v) is 11.6. The summed E-state index contributed by atoms with van der Waals surface area (Å²) in [7, 11) is 0. The lowest BCUT2D eigenvalue weighted by atomic mass is 9.96. The van der Waals surface area contributed by atoms with Gasteiger partial charge < -0.3 is 14.8 Å². The molecule has 1 saturated heterocycles. The van der Waals surface area contributed by atoms with Gasteiger partial charge in [-0.15, -0.1) is 0 Å². The summed E-state index contributed by atoms with van der Waals surface area (Å²) >= 11 is 12.0. The average Bonchev–Trinajstić information content (AvgIpc) is 3.32. The van der Waals surface area contributed by atoms with Gasteiger partial charge >= 0.3 is 0 Å². The molecule has 2 unspecified atom stereocenters. The lowest BCUT2D eigenvalue weighted by Gasteiger charge is -2.28. The number of aryl methyl sites for hydroxylation is 1. The van der Waals surface area contributed by atoms with Gasteiger partial charge in [-0.2, -0.15) is 0 Å². The van der Waals surface area contributed by atoms with Gasteiger partial charge in [0.1, 0.15) is 0 Å². The highest BCUT2D eigenvalue weighted by atomic mass is 35.5. The lowest BCUT2D eigenvalue weighted by Crippen LogP contribution is -2.29. The van der Waals surface area contributed by atoms with E-state index in [0.717, 1.165) is 17.9 Å². The van der Waals surface area contributed by atoms with Gasteiger partial charge in [-0.1, -0.05) is 23.7 Å². The molecule has 0 spiro atoms. The number of halogens is 1. The van der Waals surface area contributed by atoms with E-state index in [1.807, 2.05) is 60.9 Å². The summed E-state index contributed by atoms with van der Waals surface area (Å²) in [6.07, 6.45) is 5.55. The molecule has 166 valence electrons. The third-order valence-electron chi connectivity index (χ3n) is 6.20. The molecule has 0 saturated carbocycles. The van der Waals surface area contributed by atoms with Crippen molar-refractivity contribution in [2.45, 2.75) is 32.5 Å². The van der Waals surface area contributed by atoms with Crippen molar-refractivity contribution < 1.29 is 0 Å².